The van der Waals surface area contributed by atoms with Gasteiger partial charge in [0.15, 0.2) is 11.6 Å². The number of hydrogen-bond acceptors (Lipinski definition) is 7. The van der Waals surface area contributed by atoms with Crippen molar-refractivity contribution < 1.29 is 29.0 Å². The van der Waals surface area contributed by atoms with Gasteiger partial charge in [-0.1, -0.05) is 115 Å². The molecule has 6 atom stereocenters. The summed E-state index contributed by atoms with van der Waals surface area (Å²) in [4.78, 5) is 63.7. The molecule has 0 aromatic heterocycles. The van der Waals surface area contributed by atoms with Crippen molar-refractivity contribution in [2.75, 3.05) is 26.3 Å². The Balaban J connectivity index is 1.12. The van der Waals surface area contributed by atoms with Crippen LogP contribution in [-0.4, -0.2) is 70.6 Å². The Labute approximate surface area is 327 Å². The number of nitrogens with zero attached hydrogens (tertiary/aromatic N) is 2. The maximum Gasteiger partial charge on any atom is 0.233 e. The van der Waals surface area contributed by atoms with E-state index in [1.165, 1.54) is 5.56 Å². The number of carbonyl (C=O) groups is 4. The summed E-state index contributed by atoms with van der Waals surface area (Å²) in [7, 11) is 0. The third-order valence-electron chi connectivity index (χ3n) is 13.2. The van der Waals surface area contributed by atoms with Crippen LogP contribution in [0.1, 0.15) is 53.9 Å². The van der Waals surface area contributed by atoms with Crippen molar-refractivity contribution in [3.8, 4) is 5.75 Å². The molecule has 0 bridgehead atoms. The lowest BCUT2D eigenvalue weighted by molar-refractivity contribution is -0.144. The van der Waals surface area contributed by atoms with Gasteiger partial charge in [-0.2, -0.15) is 0 Å². The van der Waals surface area contributed by atoms with E-state index in [1.54, 1.807) is 11.0 Å². The lowest BCUT2D eigenvalue weighted by Gasteiger charge is -2.55. The van der Waals surface area contributed by atoms with Gasteiger partial charge in [-0.15, -0.1) is 0 Å². The van der Waals surface area contributed by atoms with E-state index < -0.39 is 35.0 Å². The molecule has 3 fully saturated rings. The van der Waals surface area contributed by atoms with Gasteiger partial charge in [0.1, 0.15) is 12.4 Å². The second kappa shape index (κ2) is 14.9. The highest BCUT2D eigenvalue weighted by Gasteiger charge is 2.66. The van der Waals surface area contributed by atoms with Crippen LogP contribution in [0.3, 0.4) is 0 Å². The first-order chi connectivity index (χ1) is 27.4. The highest BCUT2D eigenvalue weighted by atomic mass is 16.5. The smallest absolute Gasteiger partial charge is 0.233 e. The van der Waals surface area contributed by atoms with Gasteiger partial charge in [-0.3, -0.25) is 29.0 Å². The summed E-state index contributed by atoms with van der Waals surface area (Å²) in [5.74, 6) is -2.80. The van der Waals surface area contributed by atoms with Crippen molar-refractivity contribution in [1.29, 1.82) is 0 Å². The molecule has 5 aliphatic rings. The molecule has 4 aromatic carbocycles. The molecular weight excluding hydrogens is 701 g/mol. The SMILES string of the molecule is O=C1C(c2ccccc2)=CC(=O)C2(c3ccccc3)C1CC1C(=CCC3C(=O)N(C4CCN(Cc5ccccc5)CC4)C(=O)C31)C2c1ccc(OCCO)cc1. The zero-order chi connectivity index (χ0) is 38.4. The number of benzene rings is 4. The lowest BCUT2D eigenvalue weighted by atomic mass is 9.44. The largest absolute Gasteiger partial charge is 0.491 e. The molecule has 0 radical (unpaired) electrons. The Kier molecular flexibility index (Phi) is 9.64. The standard InChI is InChI=1S/C48H46N2O6/c51-26-27-56-36-18-16-33(17-19-36)44-37-20-21-38-43(47(55)50(46(38)54)35-22-24-49(25-23-35)30-31-10-4-1-5-11-31)40(37)28-41-45(53)39(32-12-6-2-7-13-32)29-42(52)48(41,44)34-14-8-3-9-15-34/h1-20,29,35,38,40-41,43-44,51H,21-28,30H2. The number of ketones is 2. The summed E-state index contributed by atoms with van der Waals surface area (Å²) in [5, 5.41) is 9.38. The van der Waals surface area contributed by atoms with Crippen LogP contribution in [0.25, 0.3) is 5.57 Å². The van der Waals surface area contributed by atoms with E-state index >= 15 is 9.59 Å². The van der Waals surface area contributed by atoms with E-state index in [-0.39, 0.29) is 49.1 Å². The van der Waals surface area contributed by atoms with Gasteiger partial charge in [-0.05, 0) is 72.1 Å². The number of fused-ring (bicyclic) bond motifs is 4. The number of rotatable bonds is 9. The van der Waals surface area contributed by atoms with E-state index in [1.807, 2.05) is 103 Å². The number of piperidine rings is 1. The summed E-state index contributed by atoms with van der Waals surface area (Å²) in [5.41, 5.74) is 3.59. The fourth-order valence-electron chi connectivity index (χ4n) is 10.7. The third kappa shape index (κ3) is 5.98. The number of imide groups is 1. The van der Waals surface area contributed by atoms with E-state index in [2.05, 4.69) is 23.1 Å². The van der Waals surface area contributed by atoms with E-state index in [9.17, 15) is 14.7 Å². The average Bonchev–Trinajstić information content (AvgIpc) is 3.50. The maximum atomic E-state index is 15.2. The third-order valence-corrected chi connectivity index (χ3v) is 13.2. The first-order valence-electron chi connectivity index (χ1n) is 20.0. The fraction of sp³-hybridized carbons (Fsp3) is 0.333. The Hall–Kier alpha value is -5.44. The Morgan fingerprint density at radius 3 is 2.09 bits per heavy atom. The number of aliphatic hydroxyl groups excluding tert-OH is 1. The second-order valence-corrected chi connectivity index (χ2v) is 16.0. The predicted octanol–water partition coefficient (Wildman–Crippen LogP) is 6.55. The number of carbonyl (C=O) groups excluding carboxylic acids is 4. The normalized spacial score (nSPS) is 27.9. The van der Waals surface area contributed by atoms with Crippen molar-refractivity contribution in [1.82, 2.24) is 9.80 Å². The van der Waals surface area contributed by atoms with Gasteiger partial charge in [-0.25, -0.2) is 0 Å². The Morgan fingerprint density at radius 1 is 0.750 bits per heavy atom. The molecule has 2 heterocycles. The van der Waals surface area contributed by atoms with Crippen LogP contribution >= 0.6 is 0 Å². The first kappa shape index (κ1) is 36.2. The minimum atomic E-state index is -1.28. The lowest BCUT2D eigenvalue weighted by Crippen LogP contribution is -2.58. The minimum Gasteiger partial charge on any atom is -0.491 e. The minimum absolute atomic E-state index is 0.102. The van der Waals surface area contributed by atoms with Crippen molar-refractivity contribution in [2.24, 2.45) is 23.7 Å². The highest BCUT2D eigenvalue weighted by molar-refractivity contribution is 6.31. The molecule has 9 rings (SSSR count). The van der Waals surface area contributed by atoms with Gasteiger partial charge >= 0.3 is 0 Å². The van der Waals surface area contributed by atoms with E-state index in [0.29, 0.717) is 23.3 Å². The van der Waals surface area contributed by atoms with E-state index in [4.69, 9.17) is 4.74 Å². The zero-order valence-electron chi connectivity index (χ0n) is 31.3. The summed E-state index contributed by atoms with van der Waals surface area (Å²) in [6.45, 7) is 2.46. The molecule has 1 saturated carbocycles. The number of hydrogen-bond donors (Lipinski definition) is 1. The van der Waals surface area contributed by atoms with Crippen LogP contribution in [0.5, 0.6) is 5.75 Å². The number of amides is 2. The molecule has 2 aliphatic heterocycles. The number of likely N-dealkylation sites (tertiary alicyclic amines) is 2. The quantitative estimate of drug-likeness (QED) is 0.153. The fourth-order valence-corrected chi connectivity index (χ4v) is 10.7. The van der Waals surface area contributed by atoms with Crippen LogP contribution < -0.4 is 4.74 Å². The monoisotopic (exact) mass is 746 g/mol. The summed E-state index contributed by atoms with van der Waals surface area (Å²) in [6, 6.07) is 36.8. The molecule has 56 heavy (non-hydrogen) atoms. The van der Waals surface area contributed by atoms with E-state index in [0.717, 1.165) is 49.2 Å². The molecule has 1 N–H and O–H groups in total. The Morgan fingerprint density at radius 2 is 1.41 bits per heavy atom. The molecule has 2 amide bonds. The van der Waals surface area contributed by atoms with Gasteiger partial charge in [0.2, 0.25) is 11.8 Å². The van der Waals surface area contributed by atoms with Gasteiger partial charge in [0.25, 0.3) is 0 Å². The highest BCUT2D eigenvalue weighted by Crippen LogP contribution is 2.63. The van der Waals surface area contributed by atoms with Crippen molar-refractivity contribution in [2.45, 2.75) is 49.6 Å². The van der Waals surface area contributed by atoms with Gasteiger partial charge < -0.3 is 9.84 Å². The summed E-state index contributed by atoms with van der Waals surface area (Å²) in [6.07, 6.45) is 5.81. The number of aliphatic hydroxyl groups is 1. The predicted molar refractivity (Wildman–Crippen MR) is 212 cm³/mol. The van der Waals surface area contributed by atoms with Gasteiger partial charge in [0.05, 0.1) is 23.9 Å². The first-order valence-corrected chi connectivity index (χ1v) is 20.0. The number of Topliss-reactive ketones (excluding diaryl/α,β-unsaturated/α-hetero) is 1. The Bertz CT molecular complexity index is 2190. The topological polar surface area (TPSA) is 104 Å². The van der Waals surface area contributed by atoms with Crippen LogP contribution in [0.4, 0.5) is 0 Å². The molecule has 0 spiro atoms. The van der Waals surface area contributed by atoms with Gasteiger partial charge in [0, 0.05) is 43.1 Å². The van der Waals surface area contributed by atoms with Crippen LogP contribution in [0, 0.1) is 23.7 Å². The number of ether oxygens (including phenoxy) is 1. The van der Waals surface area contributed by atoms with Crippen LogP contribution in [0.2, 0.25) is 0 Å². The molecule has 8 heteroatoms. The molecule has 3 aliphatic carbocycles. The van der Waals surface area contributed by atoms with Crippen molar-refractivity contribution in [3.63, 3.8) is 0 Å². The van der Waals surface area contributed by atoms with Crippen LogP contribution in [0.15, 0.2) is 133 Å². The molecule has 2 saturated heterocycles. The molecule has 8 nitrogen and oxygen atoms in total. The molecule has 284 valence electrons. The summed E-state index contributed by atoms with van der Waals surface area (Å²) < 4.78 is 5.72. The van der Waals surface area contributed by atoms with Crippen molar-refractivity contribution in [3.05, 3.63) is 155 Å². The molecular formula is C48H46N2O6. The average molecular weight is 747 g/mol. The molecule has 4 aromatic rings. The van der Waals surface area contributed by atoms with Crippen LogP contribution in [-0.2, 0) is 31.1 Å². The summed E-state index contributed by atoms with van der Waals surface area (Å²) >= 11 is 0. The molecule has 6 unspecified atom stereocenters. The number of allylic oxidation sites excluding steroid dienone is 4. The van der Waals surface area contributed by atoms with Crippen molar-refractivity contribution >= 4 is 29.0 Å². The maximum absolute atomic E-state index is 15.2. The zero-order valence-corrected chi connectivity index (χ0v) is 31.3. The second-order valence-electron chi connectivity index (χ2n) is 16.0.